The average Bonchev–Trinajstić information content (AvgIpc) is 2.32. The third kappa shape index (κ3) is 13.1. The first-order valence-corrected chi connectivity index (χ1v) is 7.31. The summed E-state index contributed by atoms with van der Waals surface area (Å²) in [6.07, 6.45) is 8.04. The fourth-order valence-corrected chi connectivity index (χ4v) is 2.15. The Hall–Kier alpha value is -1.13. The van der Waals surface area contributed by atoms with Crippen LogP contribution in [0, 0.1) is 16.0 Å². The van der Waals surface area contributed by atoms with Crippen molar-refractivity contribution in [1.29, 1.82) is 0 Å². The summed E-state index contributed by atoms with van der Waals surface area (Å²) in [6, 6.07) is 0. The van der Waals surface area contributed by atoms with Crippen LogP contribution >= 0.6 is 0 Å². The molecule has 0 aliphatic rings. The third-order valence-electron chi connectivity index (χ3n) is 3.19. The highest BCUT2D eigenvalue weighted by molar-refractivity contribution is 5.65. The quantitative estimate of drug-likeness (QED) is 0.236. The molecule has 0 saturated carbocycles. The Balaban J connectivity index is 3.66. The molecular formula is C14H27NO4. The molecule has 0 heterocycles. The molecule has 0 rings (SSSR count). The lowest BCUT2D eigenvalue weighted by Crippen LogP contribution is -2.14. The Bertz CT molecular complexity index is 256. The van der Waals surface area contributed by atoms with Gasteiger partial charge < -0.3 is 4.74 Å². The fourth-order valence-electron chi connectivity index (χ4n) is 2.15. The van der Waals surface area contributed by atoms with Crippen molar-refractivity contribution in [2.24, 2.45) is 5.92 Å². The van der Waals surface area contributed by atoms with Gasteiger partial charge in [0, 0.05) is 17.8 Å². The minimum atomic E-state index is -0.245. The van der Waals surface area contributed by atoms with Crippen LogP contribution in [-0.2, 0) is 9.53 Å². The van der Waals surface area contributed by atoms with Gasteiger partial charge in [-0.1, -0.05) is 39.0 Å². The molecule has 0 saturated heterocycles. The third-order valence-corrected chi connectivity index (χ3v) is 3.19. The van der Waals surface area contributed by atoms with Crippen LogP contribution in [0.5, 0.6) is 0 Å². The zero-order valence-corrected chi connectivity index (χ0v) is 12.2. The predicted molar refractivity (Wildman–Crippen MR) is 74.6 cm³/mol. The first-order valence-electron chi connectivity index (χ1n) is 7.31. The van der Waals surface area contributed by atoms with E-state index in [4.69, 9.17) is 4.74 Å². The maximum Gasteiger partial charge on any atom is 0.302 e. The minimum Gasteiger partial charge on any atom is -0.466 e. The molecule has 0 aromatic rings. The van der Waals surface area contributed by atoms with Crippen LogP contribution in [-0.4, -0.2) is 24.0 Å². The van der Waals surface area contributed by atoms with Crippen LogP contribution in [0.3, 0.4) is 0 Å². The molecule has 0 aliphatic heterocycles. The lowest BCUT2D eigenvalue weighted by molar-refractivity contribution is -0.488. The van der Waals surface area contributed by atoms with Gasteiger partial charge in [0.15, 0.2) is 0 Å². The Morgan fingerprint density at radius 2 is 1.79 bits per heavy atom. The van der Waals surface area contributed by atoms with Crippen LogP contribution in [0.25, 0.3) is 0 Å². The molecule has 0 fully saturated rings. The highest BCUT2D eigenvalue weighted by atomic mass is 16.6. The Kier molecular flexibility index (Phi) is 11.2. The van der Waals surface area contributed by atoms with E-state index in [0.717, 1.165) is 51.4 Å². The van der Waals surface area contributed by atoms with E-state index >= 15 is 0 Å². The van der Waals surface area contributed by atoms with Crippen LogP contribution < -0.4 is 0 Å². The number of nitrogens with zero attached hydrogens (tertiary/aromatic N) is 1. The molecule has 5 heteroatoms. The van der Waals surface area contributed by atoms with Crippen LogP contribution in [0.4, 0.5) is 0 Å². The number of rotatable bonds is 12. The maximum atomic E-state index is 10.6. The number of esters is 1. The Morgan fingerprint density at radius 3 is 2.32 bits per heavy atom. The number of unbranched alkanes of at least 4 members (excludes halogenated alkanes) is 4. The van der Waals surface area contributed by atoms with Crippen molar-refractivity contribution in [3.05, 3.63) is 10.1 Å². The van der Waals surface area contributed by atoms with Crippen molar-refractivity contribution < 1.29 is 14.5 Å². The van der Waals surface area contributed by atoms with Crippen molar-refractivity contribution in [2.45, 2.75) is 65.2 Å². The lowest BCUT2D eigenvalue weighted by atomic mass is 9.95. The second-order valence-corrected chi connectivity index (χ2v) is 5.07. The zero-order chi connectivity index (χ0) is 14.5. The van der Waals surface area contributed by atoms with E-state index in [2.05, 4.69) is 6.92 Å². The predicted octanol–water partition coefficient (Wildman–Crippen LogP) is 3.58. The van der Waals surface area contributed by atoms with Gasteiger partial charge in [-0.2, -0.15) is 0 Å². The molecule has 112 valence electrons. The second-order valence-electron chi connectivity index (χ2n) is 5.07. The van der Waals surface area contributed by atoms with Gasteiger partial charge >= 0.3 is 5.97 Å². The normalized spacial score (nSPS) is 12.1. The summed E-state index contributed by atoms with van der Waals surface area (Å²) in [5.74, 6) is -0.0407. The molecular weight excluding hydrogens is 246 g/mol. The average molecular weight is 273 g/mol. The summed E-state index contributed by atoms with van der Waals surface area (Å²) >= 11 is 0. The number of carbonyl (C=O) groups is 1. The fraction of sp³-hybridized carbons (Fsp3) is 0.929. The van der Waals surface area contributed by atoms with Crippen molar-refractivity contribution in [3.63, 3.8) is 0 Å². The van der Waals surface area contributed by atoms with Crippen molar-refractivity contribution in [2.75, 3.05) is 13.2 Å². The summed E-state index contributed by atoms with van der Waals surface area (Å²) in [4.78, 5) is 21.0. The molecule has 0 aromatic heterocycles. The number of nitro groups is 1. The highest BCUT2D eigenvalue weighted by Crippen LogP contribution is 2.17. The minimum absolute atomic E-state index is 0.0909. The molecule has 0 bridgehead atoms. The number of carbonyl (C=O) groups excluding carboxylic acids is 1. The maximum absolute atomic E-state index is 10.6. The van der Waals surface area contributed by atoms with Crippen LogP contribution in [0.1, 0.15) is 65.2 Å². The molecule has 0 radical (unpaired) electrons. The van der Waals surface area contributed by atoms with Gasteiger partial charge in [0.05, 0.1) is 6.61 Å². The lowest BCUT2D eigenvalue weighted by Gasteiger charge is -2.12. The zero-order valence-electron chi connectivity index (χ0n) is 12.2. The summed E-state index contributed by atoms with van der Waals surface area (Å²) in [5, 5.41) is 10.6. The van der Waals surface area contributed by atoms with Crippen LogP contribution in [0.15, 0.2) is 0 Å². The first kappa shape index (κ1) is 17.9. The number of hydrogen-bond donors (Lipinski definition) is 0. The summed E-state index contributed by atoms with van der Waals surface area (Å²) in [5.41, 5.74) is 0. The van der Waals surface area contributed by atoms with E-state index in [9.17, 15) is 14.9 Å². The van der Waals surface area contributed by atoms with E-state index in [1.165, 1.54) is 6.92 Å². The molecule has 0 spiro atoms. The van der Waals surface area contributed by atoms with E-state index in [0.29, 0.717) is 6.61 Å². The van der Waals surface area contributed by atoms with Gasteiger partial charge in [-0.15, -0.1) is 0 Å². The summed E-state index contributed by atoms with van der Waals surface area (Å²) in [6.45, 7) is 4.09. The van der Waals surface area contributed by atoms with Crippen molar-refractivity contribution in [1.82, 2.24) is 0 Å². The second kappa shape index (κ2) is 11.9. The molecule has 1 unspecified atom stereocenters. The smallest absolute Gasteiger partial charge is 0.302 e. The molecule has 0 aromatic carbocycles. The molecule has 0 aliphatic carbocycles. The van der Waals surface area contributed by atoms with E-state index in [-0.39, 0.29) is 23.4 Å². The first-order chi connectivity index (χ1) is 9.06. The van der Waals surface area contributed by atoms with Gasteiger partial charge in [0.1, 0.15) is 0 Å². The number of ether oxygens (including phenoxy) is 1. The van der Waals surface area contributed by atoms with E-state index in [1.54, 1.807) is 0 Å². The van der Waals surface area contributed by atoms with Crippen LogP contribution in [0.2, 0.25) is 0 Å². The van der Waals surface area contributed by atoms with Crippen molar-refractivity contribution >= 4 is 5.97 Å². The molecule has 5 nitrogen and oxygen atoms in total. The molecule has 1 atom stereocenters. The molecule has 0 amide bonds. The van der Waals surface area contributed by atoms with E-state index in [1.807, 2.05) is 0 Å². The van der Waals surface area contributed by atoms with Gasteiger partial charge in [0.25, 0.3) is 0 Å². The molecule has 19 heavy (non-hydrogen) atoms. The number of hydrogen-bond acceptors (Lipinski definition) is 4. The Morgan fingerprint density at radius 1 is 1.16 bits per heavy atom. The van der Waals surface area contributed by atoms with Crippen molar-refractivity contribution in [3.8, 4) is 0 Å². The largest absolute Gasteiger partial charge is 0.466 e. The monoisotopic (exact) mass is 273 g/mol. The highest BCUT2D eigenvalue weighted by Gasteiger charge is 2.14. The van der Waals surface area contributed by atoms with Gasteiger partial charge in [0.2, 0.25) is 6.54 Å². The molecule has 0 N–H and O–H groups in total. The topological polar surface area (TPSA) is 69.4 Å². The SMILES string of the molecule is CCCCCC(CCCCCOC(C)=O)C[N+](=O)[O-]. The Labute approximate surface area is 115 Å². The summed E-state index contributed by atoms with van der Waals surface area (Å²) < 4.78 is 4.85. The van der Waals surface area contributed by atoms with E-state index < -0.39 is 0 Å². The van der Waals surface area contributed by atoms with Gasteiger partial charge in [-0.05, 0) is 19.3 Å². The summed E-state index contributed by atoms with van der Waals surface area (Å²) in [7, 11) is 0. The standard InChI is InChI=1S/C14H27NO4/c1-3-4-6-9-14(12-15(17)18)10-7-5-8-11-19-13(2)16/h14H,3-12H2,1-2H3. The van der Waals surface area contributed by atoms with Gasteiger partial charge in [-0.3, -0.25) is 14.9 Å². The van der Waals surface area contributed by atoms with Gasteiger partial charge in [-0.25, -0.2) is 0 Å².